The quantitative estimate of drug-likeness (QED) is 0.749. The van der Waals surface area contributed by atoms with Gasteiger partial charge in [0.05, 0.1) is 18.5 Å². The van der Waals surface area contributed by atoms with Crippen LogP contribution in [0.5, 0.6) is 0 Å². The molecular formula is C13H24N2O3S. The molecule has 0 aromatic heterocycles. The topological polar surface area (TPSA) is 58.6 Å². The molecule has 2 amide bonds. The van der Waals surface area contributed by atoms with Crippen molar-refractivity contribution < 1.29 is 14.3 Å². The molecule has 19 heavy (non-hydrogen) atoms. The highest BCUT2D eigenvalue weighted by atomic mass is 32.1. The molecule has 1 fully saturated rings. The van der Waals surface area contributed by atoms with Crippen LogP contribution < -0.4 is 5.32 Å². The Hall–Kier alpha value is -0.750. The Morgan fingerprint density at radius 3 is 2.47 bits per heavy atom. The lowest BCUT2D eigenvalue weighted by atomic mass is 10.1. The molecule has 0 aromatic rings. The first-order chi connectivity index (χ1) is 8.84. The van der Waals surface area contributed by atoms with Gasteiger partial charge in [0.15, 0.2) is 0 Å². The average Bonchev–Trinajstić information content (AvgIpc) is 2.36. The molecule has 2 unspecified atom stereocenters. The third kappa shape index (κ3) is 4.38. The molecule has 6 heteroatoms. The second kappa shape index (κ2) is 7.14. The first-order valence-corrected chi connectivity index (χ1v) is 7.23. The van der Waals surface area contributed by atoms with Crippen LogP contribution in [0.3, 0.4) is 0 Å². The van der Waals surface area contributed by atoms with Gasteiger partial charge in [0.25, 0.3) is 0 Å². The van der Waals surface area contributed by atoms with Gasteiger partial charge in [-0.15, -0.1) is 0 Å². The van der Waals surface area contributed by atoms with Crippen LogP contribution in [0.15, 0.2) is 0 Å². The van der Waals surface area contributed by atoms with Gasteiger partial charge >= 0.3 is 0 Å². The summed E-state index contributed by atoms with van der Waals surface area (Å²) in [4.78, 5) is 26.1. The number of carbonyl (C=O) groups is 2. The fourth-order valence-corrected chi connectivity index (χ4v) is 2.07. The second-order valence-corrected chi connectivity index (χ2v) is 6.03. The van der Waals surface area contributed by atoms with Crippen LogP contribution in [0.25, 0.3) is 0 Å². The first-order valence-electron chi connectivity index (χ1n) is 6.71. The number of nitrogens with one attached hydrogen (secondary N) is 1. The summed E-state index contributed by atoms with van der Waals surface area (Å²) in [6.07, 6.45) is 0. The lowest BCUT2D eigenvalue weighted by Gasteiger charge is -2.36. The van der Waals surface area contributed by atoms with Crippen LogP contribution in [0.1, 0.15) is 27.7 Å². The minimum atomic E-state index is -0.544. The molecule has 0 spiro atoms. The minimum absolute atomic E-state index is 0.0447. The number of morpholine rings is 1. The van der Waals surface area contributed by atoms with E-state index in [0.29, 0.717) is 13.2 Å². The van der Waals surface area contributed by atoms with Gasteiger partial charge in [-0.05, 0) is 19.8 Å². The van der Waals surface area contributed by atoms with Gasteiger partial charge in [-0.2, -0.15) is 12.6 Å². The van der Waals surface area contributed by atoms with Crippen LogP contribution in [-0.2, 0) is 14.3 Å². The molecular weight excluding hydrogens is 264 g/mol. The Kier molecular flexibility index (Phi) is 6.13. The molecule has 0 aliphatic carbocycles. The van der Waals surface area contributed by atoms with Crippen molar-refractivity contribution in [1.29, 1.82) is 0 Å². The predicted octanol–water partition coefficient (Wildman–Crippen LogP) is 0.693. The Labute approximate surface area is 120 Å². The fourth-order valence-electron chi connectivity index (χ4n) is 1.92. The molecule has 110 valence electrons. The summed E-state index contributed by atoms with van der Waals surface area (Å²) in [7, 11) is 0. The van der Waals surface area contributed by atoms with Crippen molar-refractivity contribution in [1.82, 2.24) is 10.2 Å². The second-order valence-electron chi connectivity index (χ2n) is 5.47. The van der Waals surface area contributed by atoms with E-state index in [9.17, 15) is 9.59 Å². The van der Waals surface area contributed by atoms with E-state index in [1.54, 1.807) is 4.90 Å². The molecule has 1 saturated heterocycles. The molecule has 1 N–H and O–H groups in total. The summed E-state index contributed by atoms with van der Waals surface area (Å²) in [6, 6.07) is -0.500. The SMILES string of the molecule is CC(C)NC(=O)C1COCCN1C(=O)C(S)C(C)C. The average molecular weight is 288 g/mol. The van der Waals surface area contributed by atoms with Gasteiger partial charge in [-0.3, -0.25) is 9.59 Å². The van der Waals surface area contributed by atoms with E-state index in [2.05, 4.69) is 17.9 Å². The molecule has 0 aromatic carbocycles. The van der Waals surface area contributed by atoms with E-state index in [-0.39, 0.29) is 35.6 Å². The number of carbonyl (C=O) groups excluding carboxylic acids is 2. The maximum absolute atomic E-state index is 12.4. The van der Waals surface area contributed by atoms with Crippen molar-refractivity contribution in [3.05, 3.63) is 0 Å². The molecule has 0 saturated carbocycles. The highest BCUT2D eigenvalue weighted by molar-refractivity contribution is 7.81. The van der Waals surface area contributed by atoms with E-state index < -0.39 is 6.04 Å². The van der Waals surface area contributed by atoms with Crippen LogP contribution in [-0.4, -0.2) is 53.8 Å². The Balaban J connectivity index is 2.77. The van der Waals surface area contributed by atoms with Crippen molar-refractivity contribution in [2.24, 2.45) is 5.92 Å². The minimum Gasteiger partial charge on any atom is -0.377 e. The summed E-state index contributed by atoms with van der Waals surface area (Å²) in [5.41, 5.74) is 0. The predicted molar refractivity (Wildman–Crippen MR) is 77.2 cm³/mol. The Morgan fingerprint density at radius 2 is 1.95 bits per heavy atom. The number of nitrogens with zero attached hydrogens (tertiary/aromatic N) is 1. The summed E-state index contributed by atoms with van der Waals surface area (Å²) >= 11 is 4.35. The molecule has 1 heterocycles. The van der Waals surface area contributed by atoms with Gasteiger partial charge in [0, 0.05) is 12.6 Å². The highest BCUT2D eigenvalue weighted by Gasteiger charge is 2.35. The molecule has 1 aliphatic heterocycles. The van der Waals surface area contributed by atoms with Gasteiger partial charge in [0.2, 0.25) is 11.8 Å². The molecule has 0 bridgehead atoms. The van der Waals surface area contributed by atoms with Crippen molar-refractivity contribution >= 4 is 24.4 Å². The number of rotatable bonds is 4. The number of thiol groups is 1. The van der Waals surface area contributed by atoms with E-state index in [4.69, 9.17) is 4.74 Å². The van der Waals surface area contributed by atoms with Gasteiger partial charge in [0.1, 0.15) is 6.04 Å². The number of ether oxygens (including phenoxy) is 1. The maximum Gasteiger partial charge on any atom is 0.245 e. The fraction of sp³-hybridized carbons (Fsp3) is 0.846. The molecule has 1 rings (SSSR count). The van der Waals surface area contributed by atoms with Crippen molar-refractivity contribution in [2.45, 2.75) is 45.0 Å². The standard InChI is InChI=1S/C13H24N2O3S/c1-8(2)11(19)13(17)15-5-6-18-7-10(15)12(16)14-9(3)4/h8-11,19H,5-7H2,1-4H3,(H,14,16). The first kappa shape index (κ1) is 16.3. The summed E-state index contributed by atoms with van der Waals surface area (Å²) in [5, 5.41) is 2.45. The highest BCUT2D eigenvalue weighted by Crippen LogP contribution is 2.17. The summed E-state index contributed by atoms with van der Waals surface area (Å²) < 4.78 is 5.33. The normalized spacial score (nSPS) is 21.6. The van der Waals surface area contributed by atoms with Crippen molar-refractivity contribution in [3.63, 3.8) is 0 Å². The smallest absolute Gasteiger partial charge is 0.245 e. The van der Waals surface area contributed by atoms with E-state index in [0.717, 1.165) is 0 Å². The Morgan fingerprint density at radius 1 is 1.32 bits per heavy atom. The van der Waals surface area contributed by atoms with Crippen molar-refractivity contribution in [3.8, 4) is 0 Å². The van der Waals surface area contributed by atoms with Crippen LogP contribution in [0.4, 0.5) is 0 Å². The van der Waals surface area contributed by atoms with Crippen LogP contribution in [0.2, 0.25) is 0 Å². The van der Waals surface area contributed by atoms with Crippen LogP contribution in [0, 0.1) is 5.92 Å². The number of hydrogen-bond acceptors (Lipinski definition) is 4. The molecule has 0 radical (unpaired) electrons. The van der Waals surface area contributed by atoms with Gasteiger partial charge in [-0.25, -0.2) is 0 Å². The summed E-state index contributed by atoms with van der Waals surface area (Å²) in [6.45, 7) is 8.84. The molecule has 1 aliphatic rings. The number of hydrogen-bond donors (Lipinski definition) is 2. The van der Waals surface area contributed by atoms with E-state index in [1.165, 1.54) is 0 Å². The van der Waals surface area contributed by atoms with Gasteiger partial charge < -0.3 is 15.0 Å². The lowest BCUT2D eigenvalue weighted by Crippen LogP contribution is -2.58. The molecule has 5 nitrogen and oxygen atoms in total. The monoisotopic (exact) mass is 288 g/mol. The summed E-state index contributed by atoms with van der Waals surface area (Å²) in [5.74, 6) is -0.120. The Bertz CT molecular complexity index is 334. The zero-order chi connectivity index (χ0) is 14.6. The zero-order valence-corrected chi connectivity index (χ0v) is 12.9. The maximum atomic E-state index is 12.4. The third-order valence-electron chi connectivity index (χ3n) is 3.03. The van der Waals surface area contributed by atoms with Crippen LogP contribution >= 0.6 is 12.6 Å². The largest absolute Gasteiger partial charge is 0.377 e. The lowest BCUT2D eigenvalue weighted by molar-refractivity contribution is -0.148. The van der Waals surface area contributed by atoms with E-state index >= 15 is 0 Å². The van der Waals surface area contributed by atoms with Crippen molar-refractivity contribution in [2.75, 3.05) is 19.8 Å². The molecule has 2 atom stereocenters. The van der Waals surface area contributed by atoms with Gasteiger partial charge in [-0.1, -0.05) is 13.8 Å². The third-order valence-corrected chi connectivity index (χ3v) is 3.85. The number of amides is 2. The van der Waals surface area contributed by atoms with E-state index in [1.807, 2.05) is 27.7 Å². The zero-order valence-electron chi connectivity index (χ0n) is 12.0.